The van der Waals surface area contributed by atoms with Crippen LogP contribution in [0.5, 0.6) is 0 Å². The highest BCUT2D eigenvalue weighted by atomic mass is 32.2. The Balaban J connectivity index is 1.25. The lowest BCUT2D eigenvalue weighted by molar-refractivity contribution is 0.0953. The smallest absolute Gasteiger partial charge is 0.251 e. The van der Waals surface area contributed by atoms with Crippen molar-refractivity contribution in [2.24, 2.45) is 0 Å². The Morgan fingerprint density at radius 1 is 1.00 bits per heavy atom. The third-order valence-corrected chi connectivity index (χ3v) is 5.86. The summed E-state index contributed by atoms with van der Waals surface area (Å²) >= 11 is 1.58. The number of nitrogens with zero attached hydrogens (tertiary/aromatic N) is 3. The second-order valence-electron chi connectivity index (χ2n) is 7.17. The van der Waals surface area contributed by atoms with E-state index in [2.05, 4.69) is 21.6 Å². The molecule has 0 aliphatic heterocycles. The number of nitrogens with one attached hydrogen (secondary N) is 1. The summed E-state index contributed by atoms with van der Waals surface area (Å²) in [5, 5.41) is 8.55. The van der Waals surface area contributed by atoms with E-state index in [0.29, 0.717) is 12.1 Å². The van der Waals surface area contributed by atoms with Crippen molar-refractivity contribution in [1.29, 1.82) is 0 Å². The lowest BCUT2D eigenvalue weighted by atomic mass is 10.1. The molecule has 0 bridgehead atoms. The SMILES string of the molecule is Cc1nn(-c2ccccc2)cc1CCCNC(=O)c1ccc(Sc2ccccn2)cc1. The average Bonchev–Trinajstić information content (AvgIpc) is 3.19. The van der Waals surface area contributed by atoms with Gasteiger partial charge in [-0.05, 0) is 73.9 Å². The molecule has 1 N–H and O–H groups in total. The van der Waals surface area contributed by atoms with E-state index in [1.54, 1.807) is 18.0 Å². The Morgan fingerprint density at radius 2 is 1.77 bits per heavy atom. The van der Waals surface area contributed by atoms with Gasteiger partial charge in [0.1, 0.15) is 5.03 Å². The summed E-state index contributed by atoms with van der Waals surface area (Å²) in [6, 6.07) is 23.5. The van der Waals surface area contributed by atoms with Gasteiger partial charge in [-0.2, -0.15) is 5.10 Å². The van der Waals surface area contributed by atoms with E-state index >= 15 is 0 Å². The maximum atomic E-state index is 12.4. The largest absolute Gasteiger partial charge is 0.352 e. The van der Waals surface area contributed by atoms with E-state index < -0.39 is 0 Å². The number of amides is 1. The van der Waals surface area contributed by atoms with Gasteiger partial charge >= 0.3 is 0 Å². The van der Waals surface area contributed by atoms with Crippen LogP contribution in [0.15, 0.2) is 95.1 Å². The summed E-state index contributed by atoms with van der Waals surface area (Å²) in [5.74, 6) is -0.0499. The van der Waals surface area contributed by atoms with E-state index in [0.717, 1.165) is 34.1 Å². The Kier molecular flexibility index (Phi) is 6.79. The number of hydrogen-bond donors (Lipinski definition) is 1. The zero-order chi connectivity index (χ0) is 21.5. The van der Waals surface area contributed by atoms with Crippen LogP contribution in [0.2, 0.25) is 0 Å². The molecular formula is C25H24N4OS. The minimum Gasteiger partial charge on any atom is -0.352 e. The summed E-state index contributed by atoms with van der Waals surface area (Å²) < 4.78 is 1.91. The Morgan fingerprint density at radius 3 is 2.52 bits per heavy atom. The molecule has 0 aliphatic rings. The van der Waals surface area contributed by atoms with Crippen molar-refractivity contribution in [3.05, 3.63) is 102 Å². The summed E-state index contributed by atoms with van der Waals surface area (Å²) in [5.41, 5.74) is 3.94. The van der Waals surface area contributed by atoms with Gasteiger partial charge in [-0.15, -0.1) is 0 Å². The van der Waals surface area contributed by atoms with Gasteiger partial charge in [0.15, 0.2) is 0 Å². The molecule has 0 radical (unpaired) electrons. The standard InChI is InChI=1S/C25H24N4OS/c1-19-21(18-29(28-19)22-9-3-2-4-10-22)8-7-17-27-25(30)20-12-14-23(15-13-20)31-24-11-5-6-16-26-24/h2-6,9-16,18H,7-8,17H2,1H3,(H,27,30). The van der Waals surface area contributed by atoms with E-state index in [1.165, 1.54) is 5.56 Å². The fraction of sp³-hybridized carbons (Fsp3) is 0.160. The third-order valence-electron chi connectivity index (χ3n) is 4.91. The number of para-hydroxylation sites is 1. The van der Waals surface area contributed by atoms with Crippen molar-refractivity contribution in [1.82, 2.24) is 20.1 Å². The Bertz CT molecular complexity index is 1130. The van der Waals surface area contributed by atoms with Gasteiger partial charge in [0.2, 0.25) is 0 Å². The van der Waals surface area contributed by atoms with Gasteiger partial charge in [-0.25, -0.2) is 9.67 Å². The molecule has 6 heteroatoms. The topological polar surface area (TPSA) is 59.8 Å². The first kappa shape index (κ1) is 20.9. The maximum Gasteiger partial charge on any atom is 0.251 e. The van der Waals surface area contributed by atoms with Crippen LogP contribution in [0.25, 0.3) is 5.69 Å². The second-order valence-corrected chi connectivity index (χ2v) is 8.27. The molecule has 0 atom stereocenters. The molecular weight excluding hydrogens is 404 g/mol. The maximum absolute atomic E-state index is 12.4. The fourth-order valence-corrected chi connectivity index (χ4v) is 4.01. The van der Waals surface area contributed by atoms with Gasteiger partial charge in [0.25, 0.3) is 5.91 Å². The van der Waals surface area contributed by atoms with Gasteiger partial charge in [-0.1, -0.05) is 36.0 Å². The third kappa shape index (κ3) is 5.61. The summed E-state index contributed by atoms with van der Waals surface area (Å²) in [6.07, 6.45) is 5.59. The summed E-state index contributed by atoms with van der Waals surface area (Å²) in [7, 11) is 0. The predicted molar refractivity (Wildman–Crippen MR) is 124 cm³/mol. The number of aromatic nitrogens is 3. The van der Waals surface area contributed by atoms with Gasteiger partial charge in [0.05, 0.1) is 11.4 Å². The number of rotatable bonds is 8. The molecule has 31 heavy (non-hydrogen) atoms. The quantitative estimate of drug-likeness (QED) is 0.397. The van der Waals surface area contributed by atoms with Crippen molar-refractivity contribution in [3.8, 4) is 5.69 Å². The van der Waals surface area contributed by atoms with Crippen molar-refractivity contribution in [2.75, 3.05) is 6.54 Å². The van der Waals surface area contributed by atoms with Gasteiger partial charge < -0.3 is 5.32 Å². The number of carbonyl (C=O) groups is 1. The van der Waals surface area contributed by atoms with Crippen molar-refractivity contribution < 1.29 is 4.79 Å². The van der Waals surface area contributed by atoms with Crippen LogP contribution in [0, 0.1) is 6.92 Å². The van der Waals surface area contributed by atoms with E-state index in [-0.39, 0.29) is 5.91 Å². The lowest BCUT2D eigenvalue weighted by Crippen LogP contribution is -2.24. The van der Waals surface area contributed by atoms with E-state index in [4.69, 9.17) is 0 Å². The molecule has 0 unspecified atom stereocenters. The highest BCUT2D eigenvalue weighted by molar-refractivity contribution is 7.99. The molecule has 5 nitrogen and oxygen atoms in total. The molecule has 4 aromatic rings. The van der Waals surface area contributed by atoms with Crippen LogP contribution in [0.1, 0.15) is 28.0 Å². The zero-order valence-electron chi connectivity index (χ0n) is 17.4. The first-order valence-corrected chi connectivity index (χ1v) is 11.1. The predicted octanol–water partition coefficient (Wildman–Crippen LogP) is 5.09. The highest BCUT2D eigenvalue weighted by Gasteiger charge is 2.08. The average molecular weight is 429 g/mol. The number of pyridine rings is 1. The number of hydrogen-bond acceptors (Lipinski definition) is 4. The zero-order valence-corrected chi connectivity index (χ0v) is 18.2. The molecule has 0 aliphatic carbocycles. The molecule has 2 aromatic heterocycles. The number of carbonyl (C=O) groups excluding carboxylic acids is 1. The first-order chi connectivity index (χ1) is 15.2. The molecule has 156 valence electrons. The molecule has 1 amide bonds. The molecule has 2 heterocycles. The first-order valence-electron chi connectivity index (χ1n) is 10.3. The minimum atomic E-state index is -0.0499. The van der Waals surface area contributed by atoms with Crippen LogP contribution < -0.4 is 5.32 Å². The summed E-state index contributed by atoms with van der Waals surface area (Å²) in [4.78, 5) is 17.8. The van der Waals surface area contributed by atoms with Crippen LogP contribution in [0.3, 0.4) is 0 Å². The van der Waals surface area contributed by atoms with Crippen LogP contribution in [0.4, 0.5) is 0 Å². The Hall–Kier alpha value is -3.38. The van der Waals surface area contributed by atoms with Gasteiger partial charge in [-0.3, -0.25) is 4.79 Å². The van der Waals surface area contributed by atoms with E-state index in [9.17, 15) is 4.79 Å². The van der Waals surface area contributed by atoms with Crippen LogP contribution >= 0.6 is 11.8 Å². The van der Waals surface area contributed by atoms with Crippen molar-refractivity contribution in [3.63, 3.8) is 0 Å². The second kappa shape index (κ2) is 10.1. The summed E-state index contributed by atoms with van der Waals surface area (Å²) in [6.45, 7) is 2.65. The fourth-order valence-electron chi connectivity index (χ4n) is 3.24. The molecule has 4 rings (SSSR count). The van der Waals surface area contributed by atoms with Crippen LogP contribution in [-0.4, -0.2) is 27.2 Å². The molecule has 0 saturated carbocycles. The van der Waals surface area contributed by atoms with Gasteiger partial charge in [0, 0.05) is 29.4 Å². The lowest BCUT2D eigenvalue weighted by Gasteiger charge is -2.06. The molecule has 0 saturated heterocycles. The van der Waals surface area contributed by atoms with Crippen molar-refractivity contribution in [2.45, 2.75) is 29.7 Å². The normalized spacial score (nSPS) is 10.7. The molecule has 2 aromatic carbocycles. The molecule has 0 fully saturated rings. The highest BCUT2D eigenvalue weighted by Crippen LogP contribution is 2.25. The number of benzene rings is 2. The Labute approximate surface area is 186 Å². The minimum absolute atomic E-state index is 0.0499. The van der Waals surface area contributed by atoms with Crippen molar-refractivity contribution >= 4 is 17.7 Å². The van der Waals surface area contributed by atoms with E-state index in [1.807, 2.05) is 84.4 Å². The molecule has 0 spiro atoms. The van der Waals surface area contributed by atoms with Crippen LogP contribution in [-0.2, 0) is 6.42 Å². The monoisotopic (exact) mass is 428 g/mol. The number of aryl methyl sites for hydroxylation is 2.